The minimum atomic E-state index is -0.954. The summed E-state index contributed by atoms with van der Waals surface area (Å²) in [5, 5.41) is 10.3. The lowest BCUT2D eigenvalue weighted by Crippen LogP contribution is -2.48. The van der Waals surface area contributed by atoms with Gasteiger partial charge in [-0.05, 0) is 18.2 Å². The first kappa shape index (κ1) is 14.5. The number of hydrogen-bond acceptors (Lipinski definition) is 3. The minimum Gasteiger partial charge on any atom is -0.480 e. The van der Waals surface area contributed by atoms with Crippen LogP contribution in [-0.4, -0.2) is 58.4 Å². The Morgan fingerprint density at radius 1 is 1.32 bits per heavy atom. The third-order valence-corrected chi connectivity index (χ3v) is 4.07. The lowest BCUT2D eigenvalue weighted by molar-refractivity contribution is -0.144. The van der Waals surface area contributed by atoms with E-state index in [4.69, 9.17) is 0 Å². The molecule has 0 aliphatic carbocycles. The quantitative estimate of drug-likeness (QED) is 0.832. The average molecular weight is 305 g/mol. The molecule has 2 N–H and O–H groups in total. The van der Waals surface area contributed by atoms with E-state index in [1.807, 2.05) is 4.90 Å². The van der Waals surface area contributed by atoms with Gasteiger partial charge in [0.2, 0.25) is 6.41 Å². The number of benzene rings is 1. The van der Waals surface area contributed by atoms with E-state index in [9.17, 15) is 19.1 Å². The Hall–Kier alpha value is -2.41. The van der Waals surface area contributed by atoms with Crippen LogP contribution in [0.4, 0.5) is 4.39 Å². The van der Waals surface area contributed by atoms with Crippen molar-refractivity contribution in [2.45, 2.75) is 6.04 Å². The summed E-state index contributed by atoms with van der Waals surface area (Å²) in [6.07, 6.45) is 2.40. The van der Waals surface area contributed by atoms with Gasteiger partial charge in [0.05, 0.1) is 0 Å². The van der Waals surface area contributed by atoms with Crippen molar-refractivity contribution in [3.63, 3.8) is 0 Å². The van der Waals surface area contributed by atoms with Crippen molar-refractivity contribution in [2.24, 2.45) is 0 Å². The van der Waals surface area contributed by atoms with Crippen LogP contribution in [-0.2, 0) is 9.59 Å². The molecule has 1 amide bonds. The van der Waals surface area contributed by atoms with Crippen LogP contribution in [0.2, 0.25) is 0 Å². The highest BCUT2D eigenvalue weighted by atomic mass is 19.1. The van der Waals surface area contributed by atoms with Gasteiger partial charge in [-0.2, -0.15) is 0 Å². The zero-order valence-electron chi connectivity index (χ0n) is 11.8. The van der Waals surface area contributed by atoms with Crippen molar-refractivity contribution in [3.05, 3.63) is 35.8 Å². The van der Waals surface area contributed by atoms with E-state index in [0.717, 1.165) is 6.41 Å². The van der Waals surface area contributed by atoms with Gasteiger partial charge in [-0.25, -0.2) is 4.39 Å². The molecule has 1 aromatic heterocycles. The number of carboxylic acid groups (broad SMARTS) is 1. The number of nitrogens with one attached hydrogen (secondary N) is 1. The molecule has 2 heterocycles. The molecule has 2 aromatic rings. The molecule has 22 heavy (non-hydrogen) atoms. The van der Waals surface area contributed by atoms with Gasteiger partial charge in [0, 0.05) is 48.8 Å². The van der Waals surface area contributed by atoms with Gasteiger partial charge in [-0.15, -0.1) is 0 Å². The van der Waals surface area contributed by atoms with Crippen LogP contribution in [0.3, 0.4) is 0 Å². The Bertz CT molecular complexity index is 707. The summed E-state index contributed by atoms with van der Waals surface area (Å²) < 4.78 is 13.3. The number of nitrogens with zero attached hydrogens (tertiary/aromatic N) is 2. The molecule has 1 atom stereocenters. The Kier molecular flexibility index (Phi) is 3.81. The van der Waals surface area contributed by atoms with E-state index in [-0.39, 0.29) is 5.82 Å². The number of carbonyl (C=O) groups is 2. The summed E-state index contributed by atoms with van der Waals surface area (Å²) in [5.41, 5.74) is 1.19. The number of aromatic amines is 1. The molecule has 1 aliphatic rings. The maximum absolute atomic E-state index is 13.3. The molecule has 3 rings (SSSR count). The van der Waals surface area contributed by atoms with E-state index in [2.05, 4.69) is 4.98 Å². The van der Waals surface area contributed by atoms with Crippen LogP contribution < -0.4 is 0 Å². The summed E-state index contributed by atoms with van der Waals surface area (Å²) in [5.74, 6) is -1.32. The Morgan fingerprint density at radius 3 is 2.68 bits per heavy atom. The van der Waals surface area contributed by atoms with Crippen molar-refractivity contribution < 1.29 is 19.1 Å². The molecule has 116 valence electrons. The maximum atomic E-state index is 13.3. The fourth-order valence-corrected chi connectivity index (χ4v) is 2.93. The second-order valence-corrected chi connectivity index (χ2v) is 5.35. The van der Waals surface area contributed by atoms with Crippen LogP contribution in [0.1, 0.15) is 11.6 Å². The highest BCUT2D eigenvalue weighted by Crippen LogP contribution is 2.29. The summed E-state index contributed by atoms with van der Waals surface area (Å²) in [6.45, 7) is 1.99. The lowest BCUT2D eigenvalue weighted by atomic mass is 10.0. The zero-order valence-corrected chi connectivity index (χ0v) is 11.8. The molecule has 0 spiro atoms. The van der Waals surface area contributed by atoms with Crippen molar-refractivity contribution in [1.82, 2.24) is 14.8 Å². The highest BCUT2D eigenvalue weighted by Gasteiger charge is 2.31. The summed E-state index contributed by atoms with van der Waals surface area (Å²) in [6, 6.07) is 3.45. The normalized spacial score (nSPS) is 17.6. The molecule has 1 saturated heterocycles. The summed E-state index contributed by atoms with van der Waals surface area (Å²) in [7, 11) is 0. The van der Waals surface area contributed by atoms with Gasteiger partial charge in [-0.3, -0.25) is 14.5 Å². The van der Waals surface area contributed by atoms with Gasteiger partial charge in [0.15, 0.2) is 0 Å². The standard InChI is InChI=1S/C15H16FN3O3/c16-10-1-2-11-12(8-17-13(11)7-10)14(15(21)22)19-5-3-18(9-20)4-6-19/h1-2,7-9,14,17H,3-6H2,(H,21,22)/t14-/m0/s1. The van der Waals surface area contributed by atoms with E-state index >= 15 is 0 Å². The van der Waals surface area contributed by atoms with Crippen molar-refractivity contribution >= 4 is 23.3 Å². The van der Waals surface area contributed by atoms with Crippen LogP contribution >= 0.6 is 0 Å². The number of carboxylic acids is 1. The number of rotatable bonds is 4. The summed E-state index contributed by atoms with van der Waals surface area (Å²) >= 11 is 0. The lowest BCUT2D eigenvalue weighted by Gasteiger charge is -2.36. The molecule has 0 bridgehead atoms. The second-order valence-electron chi connectivity index (χ2n) is 5.35. The minimum absolute atomic E-state index is 0.368. The Labute approximate surface area is 126 Å². The predicted molar refractivity (Wildman–Crippen MR) is 77.8 cm³/mol. The number of fused-ring (bicyclic) bond motifs is 1. The molecule has 0 radical (unpaired) electrons. The molecule has 6 nitrogen and oxygen atoms in total. The number of H-pyrrole nitrogens is 1. The van der Waals surface area contributed by atoms with Crippen LogP contribution in [0.5, 0.6) is 0 Å². The van der Waals surface area contributed by atoms with Gasteiger partial charge in [0.25, 0.3) is 0 Å². The van der Waals surface area contributed by atoms with Crippen molar-refractivity contribution in [2.75, 3.05) is 26.2 Å². The number of piperazine rings is 1. The van der Waals surface area contributed by atoms with Crippen LogP contribution in [0.25, 0.3) is 10.9 Å². The first-order valence-corrected chi connectivity index (χ1v) is 7.03. The third-order valence-electron chi connectivity index (χ3n) is 4.07. The predicted octanol–water partition coefficient (Wildman–Crippen LogP) is 1.21. The number of carbonyl (C=O) groups excluding carboxylic acids is 1. The fourth-order valence-electron chi connectivity index (χ4n) is 2.93. The molecular formula is C15H16FN3O3. The maximum Gasteiger partial charge on any atom is 0.325 e. The van der Waals surface area contributed by atoms with E-state index in [0.29, 0.717) is 42.6 Å². The first-order valence-electron chi connectivity index (χ1n) is 7.03. The topological polar surface area (TPSA) is 76.6 Å². The highest BCUT2D eigenvalue weighted by molar-refractivity contribution is 5.89. The smallest absolute Gasteiger partial charge is 0.325 e. The number of hydrogen-bond donors (Lipinski definition) is 2. The Morgan fingerprint density at radius 2 is 2.05 bits per heavy atom. The summed E-state index contributed by atoms with van der Waals surface area (Å²) in [4.78, 5) is 28.9. The van der Waals surface area contributed by atoms with E-state index in [1.54, 1.807) is 17.2 Å². The largest absolute Gasteiger partial charge is 0.480 e. The molecule has 1 fully saturated rings. The molecule has 1 aliphatic heterocycles. The van der Waals surface area contributed by atoms with E-state index in [1.165, 1.54) is 12.1 Å². The monoisotopic (exact) mass is 305 g/mol. The molecule has 1 aromatic carbocycles. The molecule has 0 saturated carbocycles. The van der Waals surface area contributed by atoms with Gasteiger partial charge >= 0.3 is 5.97 Å². The number of amides is 1. The van der Waals surface area contributed by atoms with Crippen molar-refractivity contribution in [3.8, 4) is 0 Å². The first-order chi connectivity index (χ1) is 10.6. The molecule has 7 heteroatoms. The second kappa shape index (κ2) is 5.76. The van der Waals surface area contributed by atoms with Crippen molar-refractivity contribution in [1.29, 1.82) is 0 Å². The van der Waals surface area contributed by atoms with Gasteiger partial charge in [-0.1, -0.05) is 0 Å². The molecular weight excluding hydrogens is 289 g/mol. The fraction of sp³-hybridized carbons (Fsp3) is 0.333. The Balaban J connectivity index is 1.93. The third kappa shape index (κ3) is 2.55. The number of aromatic nitrogens is 1. The SMILES string of the molecule is O=CN1CCN([C@H](C(=O)O)c2c[nH]c3cc(F)ccc23)CC1. The zero-order chi connectivity index (χ0) is 15.7. The van der Waals surface area contributed by atoms with Gasteiger partial charge < -0.3 is 15.0 Å². The molecule has 0 unspecified atom stereocenters. The van der Waals surface area contributed by atoms with Crippen LogP contribution in [0.15, 0.2) is 24.4 Å². The van der Waals surface area contributed by atoms with Gasteiger partial charge in [0.1, 0.15) is 11.9 Å². The van der Waals surface area contributed by atoms with Crippen LogP contribution in [0, 0.1) is 5.82 Å². The number of aliphatic carboxylic acids is 1. The van der Waals surface area contributed by atoms with E-state index < -0.39 is 12.0 Å². The number of halogens is 1. The average Bonchev–Trinajstić information content (AvgIpc) is 2.90.